The molecule has 0 radical (unpaired) electrons. The molecule has 3 amide bonds. The van der Waals surface area contributed by atoms with Crippen LogP contribution in [0.4, 0.5) is 0 Å². The summed E-state index contributed by atoms with van der Waals surface area (Å²) in [5.74, 6) is -1.04. The summed E-state index contributed by atoms with van der Waals surface area (Å²) in [6.45, 7) is 5.71. The fourth-order valence-electron chi connectivity index (χ4n) is 5.89. The number of ether oxygens (including phenoxy) is 1. The third-order valence-corrected chi connectivity index (χ3v) is 9.00. The van der Waals surface area contributed by atoms with Crippen LogP contribution in [0.5, 0.6) is 0 Å². The molecule has 8 nitrogen and oxygen atoms in total. The van der Waals surface area contributed by atoms with E-state index >= 15 is 0 Å². The van der Waals surface area contributed by atoms with Crippen molar-refractivity contribution in [3.63, 3.8) is 0 Å². The van der Waals surface area contributed by atoms with E-state index in [4.69, 9.17) is 4.74 Å². The van der Waals surface area contributed by atoms with E-state index in [-0.39, 0.29) is 37.2 Å². The number of rotatable bonds is 33. The van der Waals surface area contributed by atoms with Crippen molar-refractivity contribution in [2.45, 2.75) is 187 Å². The van der Waals surface area contributed by atoms with Crippen LogP contribution in [0, 0.1) is 0 Å². The normalized spacial score (nSPS) is 11.6. The number of hydrogen-bond acceptors (Lipinski definition) is 5. The Labute approximate surface area is 299 Å². The van der Waals surface area contributed by atoms with E-state index in [0.717, 1.165) is 50.5 Å². The maximum absolute atomic E-state index is 13.0. The molecular weight excluding hydrogens is 614 g/mol. The quantitative estimate of drug-likeness (QED) is 0.0504. The van der Waals surface area contributed by atoms with Gasteiger partial charge in [0.2, 0.25) is 17.7 Å². The highest BCUT2D eigenvalue weighted by molar-refractivity contribution is 5.90. The van der Waals surface area contributed by atoms with Gasteiger partial charge in [-0.1, -0.05) is 160 Å². The van der Waals surface area contributed by atoms with Gasteiger partial charge < -0.3 is 20.7 Å². The van der Waals surface area contributed by atoms with E-state index in [9.17, 15) is 19.2 Å². The third kappa shape index (κ3) is 27.6. The summed E-state index contributed by atoms with van der Waals surface area (Å²) in [4.78, 5) is 50.5. The minimum absolute atomic E-state index is 0.0998. The summed E-state index contributed by atoms with van der Waals surface area (Å²) in [5, 5.41) is 8.68. The molecule has 1 atom stereocenters. The number of nitrogens with one attached hydrogen (secondary N) is 3. The molecule has 3 N–H and O–H groups in total. The van der Waals surface area contributed by atoms with Crippen molar-refractivity contribution in [2.24, 2.45) is 0 Å². The van der Waals surface area contributed by atoms with Crippen molar-refractivity contribution in [3.05, 3.63) is 35.9 Å². The summed E-state index contributed by atoms with van der Waals surface area (Å²) < 4.78 is 5.40. The molecule has 1 aromatic carbocycles. The molecule has 0 fully saturated rings. The molecule has 0 aliphatic heterocycles. The zero-order valence-electron chi connectivity index (χ0n) is 31.3. The molecule has 0 spiro atoms. The summed E-state index contributed by atoms with van der Waals surface area (Å²) in [7, 11) is 0. The molecule has 0 aliphatic rings. The van der Waals surface area contributed by atoms with E-state index in [2.05, 4.69) is 29.8 Å². The summed E-state index contributed by atoms with van der Waals surface area (Å²) in [5.41, 5.74) is 0.863. The van der Waals surface area contributed by atoms with Crippen LogP contribution in [0.15, 0.2) is 30.3 Å². The van der Waals surface area contributed by atoms with Gasteiger partial charge in [0.15, 0.2) is 0 Å². The lowest BCUT2D eigenvalue weighted by Crippen LogP contribution is -2.48. The van der Waals surface area contributed by atoms with Crippen LogP contribution in [0.1, 0.15) is 180 Å². The highest BCUT2D eigenvalue weighted by atomic mass is 16.5. The van der Waals surface area contributed by atoms with Gasteiger partial charge in [0.25, 0.3) is 0 Å². The van der Waals surface area contributed by atoms with Crippen LogP contribution < -0.4 is 16.0 Å². The predicted molar refractivity (Wildman–Crippen MR) is 201 cm³/mol. The van der Waals surface area contributed by atoms with Crippen LogP contribution in [-0.2, 0) is 30.5 Å². The van der Waals surface area contributed by atoms with Crippen molar-refractivity contribution in [2.75, 3.05) is 13.1 Å². The molecule has 1 aromatic rings. The lowest BCUT2D eigenvalue weighted by atomic mass is 10.1. The molecule has 0 saturated carbocycles. The summed E-state index contributed by atoms with van der Waals surface area (Å²) in [6.07, 6.45) is 26.1. The second kappa shape index (κ2) is 32.3. The van der Waals surface area contributed by atoms with Crippen molar-refractivity contribution >= 4 is 23.7 Å². The molecule has 0 aliphatic carbocycles. The number of esters is 1. The second-order valence-electron chi connectivity index (χ2n) is 13.7. The van der Waals surface area contributed by atoms with Crippen LogP contribution in [0.25, 0.3) is 0 Å². The average Bonchev–Trinajstić information content (AvgIpc) is 3.10. The van der Waals surface area contributed by atoms with Gasteiger partial charge in [-0.3, -0.25) is 19.2 Å². The van der Waals surface area contributed by atoms with Gasteiger partial charge in [0, 0.05) is 25.9 Å². The zero-order chi connectivity index (χ0) is 35.6. The smallest absolute Gasteiger partial charge is 0.308 e. The fraction of sp³-hybridized carbons (Fsp3) is 0.756. The van der Waals surface area contributed by atoms with E-state index in [1.54, 1.807) is 0 Å². The average molecular weight is 686 g/mol. The first kappa shape index (κ1) is 44.1. The number of benzene rings is 1. The zero-order valence-corrected chi connectivity index (χ0v) is 31.3. The number of carbonyl (C=O) groups excluding carboxylic acids is 4. The van der Waals surface area contributed by atoms with Gasteiger partial charge in [-0.15, -0.1) is 0 Å². The third-order valence-electron chi connectivity index (χ3n) is 9.00. The van der Waals surface area contributed by atoms with Crippen LogP contribution in [-0.4, -0.2) is 42.8 Å². The van der Waals surface area contributed by atoms with E-state index in [1.165, 1.54) is 89.9 Å². The van der Waals surface area contributed by atoms with Crippen LogP contribution in [0.3, 0.4) is 0 Å². The van der Waals surface area contributed by atoms with Crippen molar-refractivity contribution in [1.82, 2.24) is 16.0 Å². The van der Waals surface area contributed by atoms with E-state index in [1.807, 2.05) is 30.3 Å². The number of unbranched alkanes of at least 4 members (excludes halogenated alkanes) is 19. The van der Waals surface area contributed by atoms with Gasteiger partial charge in [-0.25, -0.2) is 0 Å². The first-order valence-electron chi connectivity index (χ1n) is 20.0. The van der Waals surface area contributed by atoms with Gasteiger partial charge in [0.05, 0.1) is 6.42 Å². The molecule has 0 unspecified atom stereocenters. The van der Waals surface area contributed by atoms with Crippen molar-refractivity contribution < 1.29 is 23.9 Å². The van der Waals surface area contributed by atoms with E-state index in [0.29, 0.717) is 25.9 Å². The Balaban J connectivity index is 2.31. The number of amides is 3. The minimum Gasteiger partial charge on any atom is -0.461 e. The second-order valence-corrected chi connectivity index (χ2v) is 13.7. The van der Waals surface area contributed by atoms with Gasteiger partial charge in [0.1, 0.15) is 12.6 Å². The van der Waals surface area contributed by atoms with Crippen LogP contribution >= 0.6 is 0 Å². The Morgan fingerprint density at radius 1 is 0.551 bits per heavy atom. The van der Waals surface area contributed by atoms with Gasteiger partial charge in [-0.05, 0) is 31.2 Å². The lowest BCUT2D eigenvalue weighted by Gasteiger charge is -2.18. The maximum Gasteiger partial charge on any atom is 0.308 e. The Morgan fingerprint density at radius 3 is 1.55 bits per heavy atom. The standard InChI is InChI=1S/C41H71N3O5/c1-3-5-7-9-11-12-13-14-15-17-19-26-33-43-41(48)37(34-40(47)49-35-36-28-22-20-23-29-36)44-39(46)31-25-21-27-32-42-38(45)30-24-18-16-10-8-6-4-2/h20,22-23,28-29,37H,3-19,21,24-27,30-35H2,1-2H3,(H,42,45)(H,43,48)(H,44,46)/t37-/m0/s1. The van der Waals surface area contributed by atoms with Crippen molar-refractivity contribution in [3.8, 4) is 0 Å². The largest absolute Gasteiger partial charge is 0.461 e. The van der Waals surface area contributed by atoms with Crippen molar-refractivity contribution in [1.29, 1.82) is 0 Å². The SMILES string of the molecule is CCCCCCCCCCCCCCNC(=O)[C@H](CC(=O)OCc1ccccc1)NC(=O)CCCCCNC(=O)CCCCCCCCC. The molecule has 280 valence electrons. The Morgan fingerprint density at radius 2 is 1.00 bits per heavy atom. The molecule has 0 saturated heterocycles. The van der Waals surface area contributed by atoms with Crippen LogP contribution in [0.2, 0.25) is 0 Å². The van der Waals surface area contributed by atoms with Gasteiger partial charge in [-0.2, -0.15) is 0 Å². The van der Waals surface area contributed by atoms with E-state index < -0.39 is 12.0 Å². The molecule has 0 bridgehead atoms. The maximum atomic E-state index is 13.0. The highest BCUT2D eigenvalue weighted by Crippen LogP contribution is 2.12. The fourth-order valence-corrected chi connectivity index (χ4v) is 5.89. The molecule has 49 heavy (non-hydrogen) atoms. The molecule has 0 aromatic heterocycles. The summed E-state index contributed by atoms with van der Waals surface area (Å²) in [6, 6.07) is 8.41. The Hall–Kier alpha value is -2.90. The Kier molecular flexibility index (Phi) is 29.1. The molecular formula is C41H71N3O5. The first-order chi connectivity index (χ1) is 24.0. The lowest BCUT2D eigenvalue weighted by molar-refractivity contribution is -0.147. The molecule has 0 heterocycles. The Bertz CT molecular complexity index is 971. The number of hydrogen-bond donors (Lipinski definition) is 3. The molecule has 8 heteroatoms. The van der Waals surface area contributed by atoms with Gasteiger partial charge >= 0.3 is 5.97 Å². The number of carbonyl (C=O) groups is 4. The molecule has 1 rings (SSSR count). The monoisotopic (exact) mass is 686 g/mol. The predicted octanol–water partition coefficient (Wildman–Crippen LogP) is 9.24. The first-order valence-corrected chi connectivity index (χ1v) is 20.0. The minimum atomic E-state index is -0.973. The highest BCUT2D eigenvalue weighted by Gasteiger charge is 2.24. The summed E-state index contributed by atoms with van der Waals surface area (Å²) >= 11 is 0. The topological polar surface area (TPSA) is 114 Å².